The van der Waals surface area contributed by atoms with Crippen LogP contribution in [0.15, 0.2) is 53.4 Å². The van der Waals surface area contributed by atoms with Gasteiger partial charge in [0.1, 0.15) is 17.8 Å². The Morgan fingerprint density at radius 1 is 1.20 bits per heavy atom. The van der Waals surface area contributed by atoms with Crippen LogP contribution in [-0.4, -0.2) is 23.0 Å². The molecular formula is C17H17N5O3. The van der Waals surface area contributed by atoms with Crippen molar-refractivity contribution in [2.45, 2.75) is 6.54 Å². The molecule has 0 radical (unpaired) electrons. The van der Waals surface area contributed by atoms with Crippen LogP contribution in [0, 0.1) is 0 Å². The summed E-state index contributed by atoms with van der Waals surface area (Å²) in [5.74, 6) is 1.34. The van der Waals surface area contributed by atoms with Crippen LogP contribution in [0.4, 0.5) is 23.0 Å². The van der Waals surface area contributed by atoms with Gasteiger partial charge >= 0.3 is 5.97 Å². The van der Waals surface area contributed by atoms with Crippen molar-refractivity contribution in [3.63, 3.8) is 0 Å². The molecule has 0 unspecified atom stereocenters. The first-order chi connectivity index (χ1) is 12.2. The molecule has 0 atom stereocenters. The number of methoxy groups -OCH3 is 1. The Hall–Kier alpha value is -3.55. The molecule has 0 amide bonds. The Balaban J connectivity index is 1.72. The molecule has 2 aromatic heterocycles. The average Bonchev–Trinajstić information content (AvgIpc) is 3.16. The van der Waals surface area contributed by atoms with E-state index in [4.69, 9.17) is 10.2 Å². The molecule has 128 valence electrons. The van der Waals surface area contributed by atoms with Gasteiger partial charge in [0.25, 0.3) is 0 Å². The van der Waals surface area contributed by atoms with Crippen molar-refractivity contribution in [2.24, 2.45) is 0 Å². The number of carbonyl (C=O) groups excluding carboxylic acids is 1. The van der Waals surface area contributed by atoms with Crippen molar-refractivity contribution in [3.05, 3.63) is 60.3 Å². The van der Waals surface area contributed by atoms with Crippen molar-refractivity contribution >= 4 is 29.0 Å². The van der Waals surface area contributed by atoms with Crippen molar-refractivity contribution in [3.8, 4) is 0 Å². The molecule has 0 aliphatic heterocycles. The minimum Gasteiger partial charge on any atom is -0.467 e. The molecule has 4 N–H and O–H groups in total. The van der Waals surface area contributed by atoms with E-state index in [-0.39, 0.29) is 0 Å². The number of aromatic nitrogens is 2. The Morgan fingerprint density at radius 2 is 1.96 bits per heavy atom. The molecule has 8 nitrogen and oxygen atoms in total. The number of hydrogen-bond acceptors (Lipinski definition) is 8. The number of ether oxygens (including phenoxy) is 1. The number of nitrogens with two attached hydrogens (primary N) is 1. The predicted molar refractivity (Wildman–Crippen MR) is 93.5 cm³/mol. The normalized spacial score (nSPS) is 10.3. The summed E-state index contributed by atoms with van der Waals surface area (Å²) < 4.78 is 9.93. The minimum absolute atomic E-state index is 0.381. The van der Waals surface area contributed by atoms with Crippen molar-refractivity contribution in [1.29, 1.82) is 0 Å². The number of anilines is 4. The molecule has 1 aromatic carbocycles. The average molecular weight is 339 g/mol. The molecule has 2 heterocycles. The van der Waals surface area contributed by atoms with E-state index in [1.165, 1.54) is 13.4 Å². The van der Waals surface area contributed by atoms with E-state index in [2.05, 4.69) is 25.3 Å². The lowest BCUT2D eigenvalue weighted by atomic mass is 10.2. The standard InChI is InChI=1S/C17H17N5O3/c1-24-17(23)11-4-6-12(7-5-11)22-16-14(18)15(20-10-21-16)19-9-13-3-2-8-25-13/h2-8,10H,9,18H2,1H3,(H2,19,20,21,22). The Morgan fingerprint density at radius 3 is 2.64 bits per heavy atom. The van der Waals surface area contributed by atoms with E-state index >= 15 is 0 Å². The van der Waals surface area contributed by atoms with Gasteiger partial charge in [0.05, 0.1) is 25.5 Å². The lowest BCUT2D eigenvalue weighted by Crippen LogP contribution is -2.08. The number of benzene rings is 1. The number of furan rings is 1. The van der Waals surface area contributed by atoms with Gasteiger partial charge in [0.2, 0.25) is 0 Å². The summed E-state index contributed by atoms with van der Waals surface area (Å²) in [5.41, 5.74) is 7.69. The van der Waals surface area contributed by atoms with E-state index in [9.17, 15) is 4.79 Å². The monoisotopic (exact) mass is 339 g/mol. The molecule has 0 spiro atoms. The van der Waals surface area contributed by atoms with Gasteiger partial charge in [-0.05, 0) is 36.4 Å². The van der Waals surface area contributed by atoms with Gasteiger partial charge in [-0.3, -0.25) is 0 Å². The van der Waals surface area contributed by atoms with Crippen LogP contribution in [-0.2, 0) is 11.3 Å². The third-order valence-corrected chi connectivity index (χ3v) is 3.46. The molecule has 3 aromatic rings. The number of nitrogens with zero attached hydrogens (tertiary/aromatic N) is 2. The van der Waals surface area contributed by atoms with Crippen LogP contribution in [0.1, 0.15) is 16.1 Å². The molecule has 0 bridgehead atoms. The summed E-state index contributed by atoms with van der Waals surface area (Å²) >= 11 is 0. The number of nitrogens with one attached hydrogen (secondary N) is 2. The number of esters is 1. The first kappa shape index (κ1) is 16.3. The summed E-state index contributed by atoms with van der Waals surface area (Å²) in [6.45, 7) is 0.460. The van der Waals surface area contributed by atoms with Gasteiger partial charge in [-0.2, -0.15) is 0 Å². The smallest absolute Gasteiger partial charge is 0.337 e. The van der Waals surface area contributed by atoms with E-state index in [1.807, 2.05) is 12.1 Å². The number of rotatable bonds is 6. The highest BCUT2D eigenvalue weighted by molar-refractivity contribution is 5.90. The maximum atomic E-state index is 11.5. The second-order valence-electron chi connectivity index (χ2n) is 5.11. The maximum absolute atomic E-state index is 11.5. The lowest BCUT2D eigenvalue weighted by Gasteiger charge is -2.12. The fourth-order valence-electron chi connectivity index (χ4n) is 2.16. The van der Waals surface area contributed by atoms with Crippen LogP contribution in [0.2, 0.25) is 0 Å². The maximum Gasteiger partial charge on any atom is 0.337 e. The van der Waals surface area contributed by atoms with Gasteiger partial charge in [0, 0.05) is 5.69 Å². The highest BCUT2D eigenvalue weighted by Crippen LogP contribution is 2.26. The van der Waals surface area contributed by atoms with Crippen LogP contribution < -0.4 is 16.4 Å². The SMILES string of the molecule is COC(=O)c1ccc(Nc2ncnc(NCc3ccco3)c2N)cc1. The molecule has 3 rings (SSSR count). The third-order valence-electron chi connectivity index (χ3n) is 3.46. The predicted octanol–water partition coefficient (Wildman–Crippen LogP) is 2.79. The van der Waals surface area contributed by atoms with Gasteiger partial charge in [0.15, 0.2) is 11.6 Å². The number of carbonyl (C=O) groups is 1. The van der Waals surface area contributed by atoms with Gasteiger partial charge in [-0.15, -0.1) is 0 Å². The topological polar surface area (TPSA) is 115 Å². The van der Waals surface area contributed by atoms with Crippen LogP contribution in [0.25, 0.3) is 0 Å². The van der Waals surface area contributed by atoms with E-state index < -0.39 is 5.97 Å². The van der Waals surface area contributed by atoms with Crippen LogP contribution in [0.5, 0.6) is 0 Å². The Labute approximate surface area is 144 Å². The van der Waals surface area contributed by atoms with E-state index in [1.54, 1.807) is 30.5 Å². The molecule has 0 aliphatic rings. The second-order valence-corrected chi connectivity index (χ2v) is 5.11. The fraction of sp³-hybridized carbons (Fsp3) is 0.118. The Kier molecular flexibility index (Phi) is 4.79. The van der Waals surface area contributed by atoms with Crippen molar-refractivity contribution in [1.82, 2.24) is 9.97 Å². The summed E-state index contributed by atoms with van der Waals surface area (Å²) in [5, 5.41) is 6.20. The zero-order valence-corrected chi connectivity index (χ0v) is 13.5. The summed E-state index contributed by atoms with van der Waals surface area (Å²) in [4.78, 5) is 19.7. The zero-order valence-electron chi connectivity index (χ0n) is 13.5. The largest absolute Gasteiger partial charge is 0.467 e. The molecular weight excluding hydrogens is 322 g/mol. The molecule has 8 heteroatoms. The summed E-state index contributed by atoms with van der Waals surface area (Å²) in [6.07, 6.45) is 3.01. The van der Waals surface area contributed by atoms with Crippen LogP contribution in [0.3, 0.4) is 0 Å². The molecule has 0 saturated carbocycles. The quantitative estimate of drug-likeness (QED) is 0.587. The lowest BCUT2D eigenvalue weighted by molar-refractivity contribution is 0.0601. The summed E-state index contributed by atoms with van der Waals surface area (Å²) in [6, 6.07) is 10.5. The first-order valence-corrected chi connectivity index (χ1v) is 7.49. The fourth-order valence-corrected chi connectivity index (χ4v) is 2.16. The number of hydrogen-bond donors (Lipinski definition) is 3. The molecule has 0 aliphatic carbocycles. The number of nitrogen functional groups attached to an aromatic ring is 1. The van der Waals surface area contributed by atoms with E-state index in [0.29, 0.717) is 29.4 Å². The highest BCUT2D eigenvalue weighted by atomic mass is 16.5. The second kappa shape index (κ2) is 7.35. The summed E-state index contributed by atoms with van der Waals surface area (Å²) in [7, 11) is 1.34. The minimum atomic E-state index is -0.391. The molecule has 0 fully saturated rings. The molecule has 0 saturated heterocycles. The van der Waals surface area contributed by atoms with Crippen molar-refractivity contribution in [2.75, 3.05) is 23.5 Å². The van der Waals surface area contributed by atoms with Crippen molar-refractivity contribution < 1.29 is 13.9 Å². The Bertz CT molecular complexity index is 847. The zero-order chi connectivity index (χ0) is 17.6. The third kappa shape index (κ3) is 3.86. The highest BCUT2D eigenvalue weighted by Gasteiger charge is 2.10. The van der Waals surface area contributed by atoms with E-state index in [0.717, 1.165) is 11.4 Å². The van der Waals surface area contributed by atoms with Gasteiger partial charge in [-0.25, -0.2) is 14.8 Å². The van der Waals surface area contributed by atoms with Gasteiger partial charge < -0.3 is 25.5 Å². The van der Waals surface area contributed by atoms with Crippen LogP contribution >= 0.6 is 0 Å². The molecule has 25 heavy (non-hydrogen) atoms. The van der Waals surface area contributed by atoms with Gasteiger partial charge in [-0.1, -0.05) is 0 Å². The first-order valence-electron chi connectivity index (χ1n) is 7.49.